The van der Waals surface area contributed by atoms with Gasteiger partial charge in [-0.05, 0) is 34.9 Å². The van der Waals surface area contributed by atoms with Gasteiger partial charge in [-0.25, -0.2) is 4.98 Å². The van der Waals surface area contributed by atoms with E-state index in [1.807, 2.05) is 24.3 Å². The van der Waals surface area contributed by atoms with Gasteiger partial charge in [0.2, 0.25) is 5.82 Å². The molecule has 0 spiro atoms. The van der Waals surface area contributed by atoms with Crippen LogP contribution in [0, 0.1) is 5.41 Å². The molecule has 0 unspecified atom stereocenters. The number of H-pyrrole nitrogens is 1. The van der Waals surface area contributed by atoms with Gasteiger partial charge in [0.05, 0.1) is 5.56 Å². The number of aromatic amines is 1. The molecule has 136 valence electrons. The lowest BCUT2D eigenvalue weighted by Crippen LogP contribution is -2.18. The van der Waals surface area contributed by atoms with Crippen molar-refractivity contribution >= 4 is 5.65 Å². The van der Waals surface area contributed by atoms with Gasteiger partial charge in [-0.2, -0.15) is 5.21 Å². The number of fused-ring (bicyclic) bond motifs is 1. The SMILES string of the molecule is CC(C)c1ccc(OCc2cccn3c(=N)c(-c4nn[nH]n4)cnc23)cc1. The van der Waals surface area contributed by atoms with Crippen molar-refractivity contribution < 1.29 is 4.74 Å². The minimum Gasteiger partial charge on any atom is -0.489 e. The minimum absolute atomic E-state index is 0.240. The molecule has 4 rings (SSSR count). The Labute approximate surface area is 155 Å². The number of ether oxygens (including phenoxy) is 1. The zero-order valence-electron chi connectivity index (χ0n) is 15.0. The van der Waals surface area contributed by atoms with Gasteiger partial charge < -0.3 is 4.74 Å². The van der Waals surface area contributed by atoms with Crippen LogP contribution in [0.3, 0.4) is 0 Å². The average Bonchev–Trinajstić information content (AvgIpc) is 3.21. The first kappa shape index (κ1) is 16.9. The standard InChI is InChI=1S/C19H19N7O/c1-12(2)13-5-7-15(8-6-13)27-11-14-4-3-9-26-17(20)16(10-21-19(14)26)18-22-24-25-23-18/h3-10,12,20H,11H2,1-2H3,(H,22,23,24,25). The Balaban J connectivity index is 1.62. The minimum atomic E-state index is 0.240. The van der Waals surface area contributed by atoms with Crippen LogP contribution in [0.4, 0.5) is 0 Å². The molecule has 0 aliphatic heterocycles. The normalized spacial score (nSPS) is 11.2. The fourth-order valence-electron chi connectivity index (χ4n) is 2.85. The predicted octanol–water partition coefficient (Wildman–Crippen LogP) is 2.70. The zero-order valence-corrected chi connectivity index (χ0v) is 15.0. The third-order valence-electron chi connectivity index (χ3n) is 4.39. The van der Waals surface area contributed by atoms with Crippen LogP contribution < -0.4 is 10.2 Å². The molecule has 0 saturated heterocycles. The molecule has 0 aliphatic rings. The van der Waals surface area contributed by atoms with Crippen LogP contribution in [0.1, 0.15) is 30.9 Å². The molecule has 8 nitrogen and oxygen atoms in total. The second kappa shape index (κ2) is 6.99. The number of benzene rings is 1. The molecule has 8 heteroatoms. The number of nitrogens with one attached hydrogen (secondary N) is 2. The van der Waals surface area contributed by atoms with E-state index in [2.05, 4.69) is 51.6 Å². The van der Waals surface area contributed by atoms with E-state index in [4.69, 9.17) is 10.1 Å². The smallest absolute Gasteiger partial charge is 0.209 e. The predicted molar refractivity (Wildman–Crippen MR) is 99.1 cm³/mol. The molecule has 3 heterocycles. The molecule has 0 aliphatic carbocycles. The van der Waals surface area contributed by atoms with Crippen molar-refractivity contribution in [3.8, 4) is 17.1 Å². The van der Waals surface area contributed by atoms with Crippen molar-refractivity contribution in [2.24, 2.45) is 0 Å². The lowest BCUT2D eigenvalue weighted by Gasteiger charge is -2.11. The van der Waals surface area contributed by atoms with E-state index in [0.29, 0.717) is 29.6 Å². The molecular formula is C19H19N7O. The third-order valence-corrected chi connectivity index (χ3v) is 4.39. The maximum Gasteiger partial charge on any atom is 0.209 e. The second-order valence-electron chi connectivity index (χ2n) is 6.50. The Kier molecular flexibility index (Phi) is 4.37. The van der Waals surface area contributed by atoms with Crippen LogP contribution in [0.25, 0.3) is 17.0 Å². The fourth-order valence-corrected chi connectivity index (χ4v) is 2.85. The molecule has 0 fully saturated rings. The summed E-state index contributed by atoms with van der Waals surface area (Å²) in [5.41, 5.74) is 3.57. The summed E-state index contributed by atoms with van der Waals surface area (Å²) in [6.45, 7) is 4.69. The topological polar surface area (TPSA) is 105 Å². The molecule has 0 atom stereocenters. The number of pyridine rings is 1. The van der Waals surface area contributed by atoms with E-state index in [0.717, 1.165) is 11.3 Å². The van der Waals surface area contributed by atoms with E-state index < -0.39 is 0 Å². The zero-order chi connectivity index (χ0) is 18.8. The van der Waals surface area contributed by atoms with E-state index in [1.54, 1.807) is 16.8 Å². The number of aromatic nitrogens is 6. The van der Waals surface area contributed by atoms with Crippen molar-refractivity contribution in [1.29, 1.82) is 5.41 Å². The Hall–Kier alpha value is -3.55. The van der Waals surface area contributed by atoms with Gasteiger partial charge in [0, 0.05) is 18.0 Å². The van der Waals surface area contributed by atoms with Crippen molar-refractivity contribution in [2.45, 2.75) is 26.4 Å². The van der Waals surface area contributed by atoms with E-state index in [1.165, 1.54) is 5.56 Å². The lowest BCUT2D eigenvalue weighted by atomic mass is 10.0. The summed E-state index contributed by atoms with van der Waals surface area (Å²) in [6, 6.07) is 11.9. The van der Waals surface area contributed by atoms with Crippen LogP contribution in [0.2, 0.25) is 0 Å². The Bertz CT molecular complexity index is 1120. The number of hydrogen-bond acceptors (Lipinski definition) is 6. The molecule has 1 aromatic carbocycles. The summed E-state index contributed by atoms with van der Waals surface area (Å²) >= 11 is 0. The van der Waals surface area contributed by atoms with Gasteiger partial charge >= 0.3 is 0 Å². The first-order chi connectivity index (χ1) is 13.1. The van der Waals surface area contributed by atoms with Gasteiger partial charge in [0.25, 0.3) is 0 Å². The largest absolute Gasteiger partial charge is 0.489 e. The summed E-state index contributed by atoms with van der Waals surface area (Å²) < 4.78 is 7.61. The third kappa shape index (κ3) is 3.29. The molecule has 0 saturated carbocycles. The highest BCUT2D eigenvalue weighted by molar-refractivity contribution is 5.55. The summed E-state index contributed by atoms with van der Waals surface area (Å²) in [6.07, 6.45) is 3.37. The van der Waals surface area contributed by atoms with Crippen LogP contribution in [-0.2, 0) is 6.61 Å². The van der Waals surface area contributed by atoms with Gasteiger partial charge in [0.1, 0.15) is 23.5 Å². The van der Waals surface area contributed by atoms with Gasteiger partial charge in [-0.3, -0.25) is 9.81 Å². The maximum atomic E-state index is 8.43. The van der Waals surface area contributed by atoms with Gasteiger partial charge in [-0.15, -0.1) is 10.2 Å². The number of hydrogen-bond donors (Lipinski definition) is 2. The summed E-state index contributed by atoms with van der Waals surface area (Å²) in [5.74, 6) is 1.63. The Morgan fingerprint density at radius 1 is 1.19 bits per heavy atom. The van der Waals surface area contributed by atoms with Crippen LogP contribution >= 0.6 is 0 Å². The van der Waals surface area contributed by atoms with Crippen LogP contribution in [0.5, 0.6) is 5.75 Å². The molecule has 27 heavy (non-hydrogen) atoms. The highest BCUT2D eigenvalue weighted by Crippen LogP contribution is 2.20. The van der Waals surface area contributed by atoms with E-state index >= 15 is 0 Å². The summed E-state index contributed by atoms with van der Waals surface area (Å²) in [5, 5.41) is 22.2. The molecule has 0 radical (unpaired) electrons. The lowest BCUT2D eigenvalue weighted by molar-refractivity contribution is 0.307. The van der Waals surface area contributed by atoms with Crippen LogP contribution in [-0.4, -0.2) is 30.0 Å². The first-order valence-corrected chi connectivity index (χ1v) is 8.64. The second-order valence-corrected chi connectivity index (χ2v) is 6.50. The quantitative estimate of drug-likeness (QED) is 0.569. The maximum absolute atomic E-state index is 8.43. The van der Waals surface area contributed by atoms with E-state index in [9.17, 15) is 0 Å². The number of tetrazole rings is 1. The average molecular weight is 361 g/mol. The van der Waals surface area contributed by atoms with Crippen molar-refractivity contribution in [1.82, 2.24) is 30.0 Å². The van der Waals surface area contributed by atoms with E-state index in [-0.39, 0.29) is 5.49 Å². The van der Waals surface area contributed by atoms with Crippen LogP contribution in [0.15, 0.2) is 48.8 Å². The molecule has 0 amide bonds. The first-order valence-electron chi connectivity index (χ1n) is 8.64. The molecule has 2 N–H and O–H groups in total. The highest BCUT2D eigenvalue weighted by Gasteiger charge is 2.11. The molecule has 4 aromatic rings. The fraction of sp³-hybridized carbons (Fsp3) is 0.211. The monoisotopic (exact) mass is 361 g/mol. The number of nitrogens with zero attached hydrogens (tertiary/aromatic N) is 5. The Morgan fingerprint density at radius 2 is 2.00 bits per heavy atom. The highest BCUT2D eigenvalue weighted by atomic mass is 16.5. The summed E-state index contributed by atoms with van der Waals surface area (Å²) in [7, 11) is 0. The molecule has 3 aromatic heterocycles. The van der Waals surface area contributed by atoms with Gasteiger partial charge in [-0.1, -0.05) is 32.0 Å². The Morgan fingerprint density at radius 3 is 2.70 bits per heavy atom. The molecule has 0 bridgehead atoms. The van der Waals surface area contributed by atoms with Gasteiger partial charge in [0.15, 0.2) is 0 Å². The molecular weight excluding hydrogens is 342 g/mol. The van der Waals surface area contributed by atoms with Crippen molar-refractivity contribution in [2.75, 3.05) is 0 Å². The van der Waals surface area contributed by atoms with Crippen molar-refractivity contribution in [3.05, 3.63) is 65.4 Å². The number of rotatable bonds is 5. The van der Waals surface area contributed by atoms with Crippen molar-refractivity contribution in [3.63, 3.8) is 0 Å². The summed E-state index contributed by atoms with van der Waals surface area (Å²) in [4.78, 5) is 4.49.